The molecule has 0 unspecified atom stereocenters. The van der Waals surface area contributed by atoms with Crippen molar-refractivity contribution < 1.29 is 9.18 Å². The SMILES string of the molecule is CCN(CC)C(=O)c1ccc(NC(=S)Nc2ccc(C)c(F)c2)cc1. The summed E-state index contributed by atoms with van der Waals surface area (Å²) in [6, 6.07) is 12.0. The van der Waals surface area contributed by atoms with Gasteiger partial charge in [-0.05, 0) is 75.0 Å². The van der Waals surface area contributed by atoms with E-state index in [2.05, 4.69) is 10.6 Å². The van der Waals surface area contributed by atoms with Crippen LogP contribution in [0.3, 0.4) is 0 Å². The van der Waals surface area contributed by atoms with E-state index in [1.165, 1.54) is 6.07 Å². The van der Waals surface area contributed by atoms with Crippen molar-refractivity contribution in [2.24, 2.45) is 0 Å². The van der Waals surface area contributed by atoms with Crippen LogP contribution < -0.4 is 10.6 Å². The summed E-state index contributed by atoms with van der Waals surface area (Å²) in [7, 11) is 0. The van der Waals surface area contributed by atoms with Gasteiger partial charge in [-0.2, -0.15) is 0 Å². The zero-order valence-corrected chi connectivity index (χ0v) is 15.4. The van der Waals surface area contributed by atoms with Gasteiger partial charge >= 0.3 is 0 Å². The Bertz CT molecular complexity index is 758. The Balaban J connectivity index is 1.99. The van der Waals surface area contributed by atoms with Crippen molar-refractivity contribution in [2.45, 2.75) is 20.8 Å². The number of halogens is 1. The van der Waals surface area contributed by atoms with Crippen LogP contribution in [0.25, 0.3) is 0 Å². The van der Waals surface area contributed by atoms with Crippen LogP contribution in [0.5, 0.6) is 0 Å². The fraction of sp³-hybridized carbons (Fsp3) is 0.263. The van der Waals surface area contributed by atoms with Gasteiger partial charge in [-0.1, -0.05) is 6.07 Å². The first-order valence-electron chi connectivity index (χ1n) is 8.18. The Morgan fingerprint density at radius 1 is 1.04 bits per heavy atom. The molecule has 0 saturated carbocycles. The molecule has 0 spiro atoms. The third-order valence-electron chi connectivity index (χ3n) is 3.87. The van der Waals surface area contributed by atoms with Gasteiger partial charge in [-0.3, -0.25) is 4.79 Å². The predicted octanol–water partition coefficient (Wildman–Crippen LogP) is 4.43. The Morgan fingerprint density at radius 3 is 2.16 bits per heavy atom. The molecule has 0 aliphatic rings. The van der Waals surface area contributed by atoms with Crippen LogP contribution in [0.1, 0.15) is 29.8 Å². The zero-order valence-electron chi connectivity index (χ0n) is 14.6. The molecule has 2 N–H and O–H groups in total. The number of carbonyl (C=O) groups excluding carboxylic acids is 1. The topological polar surface area (TPSA) is 44.4 Å². The van der Waals surface area contributed by atoms with Crippen molar-refractivity contribution in [1.29, 1.82) is 0 Å². The lowest BCUT2D eigenvalue weighted by Crippen LogP contribution is -2.30. The molecule has 6 heteroatoms. The highest BCUT2D eigenvalue weighted by Gasteiger charge is 2.12. The number of benzene rings is 2. The van der Waals surface area contributed by atoms with Gasteiger partial charge in [0.1, 0.15) is 5.82 Å². The summed E-state index contributed by atoms with van der Waals surface area (Å²) in [4.78, 5) is 14.0. The highest BCUT2D eigenvalue weighted by molar-refractivity contribution is 7.80. The summed E-state index contributed by atoms with van der Waals surface area (Å²) in [6.45, 7) is 6.97. The van der Waals surface area contributed by atoms with E-state index < -0.39 is 0 Å². The fourth-order valence-electron chi connectivity index (χ4n) is 2.35. The second-order valence-corrected chi connectivity index (χ2v) is 6.01. The van der Waals surface area contributed by atoms with E-state index in [1.54, 1.807) is 48.2 Å². The molecule has 0 fully saturated rings. The zero-order chi connectivity index (χ0) is 18.4. The molecule has 2 rings (SSSR count). The van der Waals surface area contributed by atoms with Gasteiger partial charge in [0.15, 0.2) is 5.11 Å². The Kier molecular flexibility index (Phi) is 6.47. The molecular weight excluding hydrogens is 337 g/mol. The van der Waals surface area contributed by atoms with Crippen molar-refractivity contribution in [2.75, 3.05) is 23.7 Å². The van der Waals surface area contributed by atoms with E-state index in [-0.39, 0.29) is 11.7 Å². The van der Waals surface area contributed by atoms with E-state index in [0.717, 1.165) is 5.69 Å². The molecule has 2 aromatic rings. The maximum Gasteiger partial charge on any atom is 0.253 e. The van der Waals surface area contributed by atoms with E-state index in [0.29, 0.717) is 35.0 Å². The molecule has 0 atom stereocenters. The highest BCUT2D eigenvalue weighted by Crippen LogP contribution is 2.15. The summed E-state index contributed by atoms with van der Waals surface area (Å²) in [5.41, 5.74) is 2.54. The summed E-state index contributed by atoms with van der Waals surface area (Å²) in [5.74, 6) is -0.278. The number of anilines is 2. The number of thiocarbonyl (C=S) groups is 1. The highest BCUT2D eigenvalue weighted by atomic mass is 32.1. The van der Waals surface area contributed by atoms with Crippen LogP contribution in [0.2, 0.25) is 0 Å². The molecule has 0 heterocycles. The molecular formula is C19H22FN3OS. The van der Waals surface area contributed by atoms with Crippen molar-refractivity contribution in [3.05, 3.63) is 59.4 Å². The summed E-state index contributed by atoms with van der Waals surface area (Å²) in [5, 5.41) is 6.31. The standard InChI is InChI=1S/C19H22FN3OS/c1-4-23(5-2)18(24)14-7-10-15(11-8-14)21-19(25)22-16-9-6-13(3)17(20)12-16/h6-12H,4-5H2,1-3H3,(H2,21,22,25). The number of aryl methyl sites for hydroxylation is 1. The third-order valence-corrected chi connectivity index (χ3v) is 4.07. The molecule has 1 amide bonds. The molecule has 0 radical (unpaired) electrons. The Labute approximate surface area is 153 Å². The number of carbonyl (C=O) groups is 1. The molecule has 0 aliphatic heterocycles. The van der Waals surface area contributed by atoms with Gasteiger partial charge in [0.2, 0.25) is 0 Å². The molecule has 0 aliphatic carbocycles. The van der Waals surface area contributed by atoms with E-state index >= 15 is 0 Å². The number of rotatable bonds is 5. The number of hydrogen-bond donors (Lipinski definition) is 2. The van der Waals surface area contributed by atoms with Gasteiger partial charge in [0, 0.05) is 30.0 Å². The average Bonchev–Trinajstić information content (AvgIpc) is 2.59. The van der Waals surface area contributed by atoms with E-state index in [9.17, 15) is 9.18 Å². The van der Waals surface area contributed by atoms with Crippen molar-refractivity contribution >= 4 is 34.6 Å². The van der Waals surface area contributed by atoms with Crippen molar-refractivity contribution in [1.82, 2.24) is 4.90 Å². The van der Waals surface area contributed by atoms with Crippen molar-refractivity contribution in [3.63, 3.8) is 0 Å². The largest absolute Gasteiger partial charge is 0.339 e. The lowest BCUT2D eigenvalue weighted by atomic mass is 10.2. The third kappa shape index (κ3) is 5.00. The van der Waals surface area contributed by atoms with Gasteiger partial charge in [-0.25, -0.2) is 4.39 Å². The summed E-state index contributed by atoms with van der Waals surface area (Å²) in [6.07, 6.45) is 0. The maximum absolute atomic E-state index is 13.6. The van der Waals surface area contributed by atoms with Gasteiger partial charge in [0.05, 0.1) is 0 Å². The second-order valence-electron chi connectivity index (χ2n) is 5.60. The second kappa shape index (κ2) is 8.58. The maximum atomic E-state index is 13.6. The van der Waals surface area contributed by atoms with Gasteiger partial charge in [0.25, 0.3) is 5.91 Å². The lowest BCUT2D eigenvalue weighted by Gasteiger charge is -2.18. The van der Waals surface area contributed by atoms with E-state index in [1.807, 2.05) is 13.8 Å². The van der Waals surface area contributed by atoms with Crippen LogP contribution in [0.4, 0.5) is 15.8 Å². The van der Waals surface area contributed by atoms with Crippen molar-refractivity contribution in [3.8, 4) is 0 Å². The monoisotopic (exact) mass is 359 g/mol. The van der Waals surface area contributed by atoms with Gasteiger partial charge < -0.3 is 15.5 Å². The van der Waals surface area contributed by atoms with Gasteiger partial charge in [-0.15, -0.1) is 0 Å². The van der Waals surface area contributed by atoms with Crippen LogP contribution >= 0.6 is 12.2 Å². The molecule has 0 aromatic heterocycles. The molecule has 132 valence electrons. The van der Waals surface area contributed by atoms with Crippen LogP contribution in [-0.2, 0) is 0 Å². The quantitative estimate of drug-likeness (QED) is 0.776. The molecule has 25 heavy (non-hydrogen) atoms. The number of amides is 1. The normalized spacial score (nSPS) is 10.2. The summed E-state index contributed by atoms with van der Waals surface area (Å²) < 4.78 is 13.6. The molecule has 4 nitrogen and oxygen atoms in total. The number of nitrogens with one attached hydrogen (secondary N) is 2. The lowest BCUT2D eigenvalue weighted by molar-refractivity contribution is 0.0773. The first-order chi connectivity index (χ1) is 11.9. The predicted molar refractivity (Wildman–Crippen MR) is 105 cm³/mol. The number of nitrogens with zero attached hydrogens (tertiary/aromatic N) is 1. The van der Waals surface area contributed by atoms with Crippen LogP contribution in [0, 0.1) is 12.7 Å². The molecule has 0 bridgehead atoms. The Hall–Kier alpha value is -2.47. The van der Waals surface area contributed by atoms with Crippen LogP contribution in [-0.4, -0.2) is 29.0 Å². The minimum atomic E-state index is -0.285. The molecule has 2 aromatic carbocycles. The summed E-state index contributed by atoms with van der Waals surface area (Å²) >= 11 is 5.24. The van der Waals surface area contributed by atoms with E-state index in [4.69, 9.17) is 12.2 Å². The molecule has 0 saturated heterocycles. The van der Waals surface area contributed by atoms with Crippen LogP contribution in [0.15, 0.2) is 42.5 Å². The Morgan fingerprint density at radius 2 is 1.60 bits per heavy atom. The minimum Gasteiger partial charge on any atom is -0.339 e. The smallest absolute Gasteiger partial charge is 0.253 e. The average molecular weight is 359 g/mol. The minimum absolute atomic E-state index is 0.00684. The fourth-order valence-corrected chi connectivity index (χ4v) is 2.59. The number of hydrogen-bond acceptors (Lipinski definition) is 2. The first kappa shape index (κ1) is 18.9. The first-order valence-corrected chi connectivity index (χ1v) is 8.59.